The SMILES string of the molecule is N[C@]1(c2ccc(-c3nc4ccc5nnc(-c6ccc(Cl)cc6)n5c4nc3-c3ccccc3)cc2)C[C@](O)(C2CC2)C1. The van der Waals surface area contributed by atoms with Gasteiger partial charge >= 0.3 is 0 Å². The third-order valence-electron chi connectivity index (χ3n) is 8.66. The maximum Gasteiger partial charge on any atom is 0.170 e. The number of aliphatic hydroxyl groups is 1. The van der Waals surface area contributed by atoms with Crippen LogP contribution in [-0.4, -0.2) is 35.3 Å². The molecule has 0 atom stereocenters. The van der Waals surface area contributed by atoms with Crippen molar-refractivity contribution in [2.24, 2.45) is 11.7 Å². The number of hydrogen-bond donors (Lipinski definition) is 2. The molecule has 2 fully saturated rings. The summed E-state index contributed by atoms with van der Waals surface area (Å²) in [6, 6.07) is 29.7. The fourth-order valence-corrected chi connectivity index (χ4v) is 6.51. The molecule has 3 N–H and O–H groups in total. The number of hydrogen-bond acceptors (Lipinski definition) is 6. The fourth-order valence-electron chi connectivity index (χ4n) is 6.38. The molecule has 0 bridgehead atoms. The molecule has 2 aliphatic carbocycles. The zero-order chi connectivity index (χ0) is 27.8. The number of fused-ring (bicyclic) bond motifs is 3. The Morgan fingerprint density at radius 3 is 2.12 bits per heavy atom. The Labute approximate surface area is 241 Å². The van der Waals surface area contributed by atoms with Gasteiger partial charge in [0.1, 0.15) is 5.52 Å². The highest BCUT2D eigenvalue weighted by molar-refractivity contribution is 6.30. The minimum atomic E-state index is -0.601. The quantitative estimate of drug-likeness (QED) is 0.253. The second kappa shape index (κ2) is 8.91. The molecule has 3 aromatic heterocycles. The van der Waals surface area contributed by atoms with E-state index >= 15 is 0 Å². The van der Waals surface area contributed by atoms with E-state index in [1.165, 1.54) is 0 Å². The zero-order valence-electron chi connectivity index (χ0n) is 22.2. The maximum absolute atomic E-state index is 10.9. The molecule has 8 rings (SSSR count). The van der Waals surface area contributed by atoms with Gasteiger partial charge in [0, 0.05) is 27.3 Å². The van der Waals surface area contributed by atoms with E-state index in [-0.39, 0.29) is 0 Å². The molecule has 7 nitrogen and oxygen atoms in total. The van der Waals surface area contributed by atoms with E-state index in [4.69, 9.17) is 27.3 Å². The van der Waals surface area contributed by atoms with Crippen molar-refractivity contribution < 1.29 is 5.11 Å². The molecule has 2 saturated carbocycles. The van der Waals surface area contributed by atoms with Gasteiger partial charge in [0.15, 0.2) is 17.1 Å². The van der Waals surface area contributed by atoms with E-state index in [2.05, 4.69) is 34.5 Å². The number of nitrogens with two attached hydrogens (primary N) is 1. The van der Waals surface area contributed by atoms with Gasteiger partial charge in [-0.2, -0.15) is 0 Å². The Kier molecular flexibility index (Phi) is 5.35. The summed E-state index contributed by atoms with van der Waals surface area (Å²) in [5.41, 5.74) is 13.1. The van der Waals surface area contributed by atoms with E-state index in [0.717, 1.165) is 52.0 Å². The number of nitrogens with zero attached hydrogens (tertiary/aromatic N) is 5. The first-order valence-electron chi connectivity index (χ1n) is 13.9. The van der Waals surface area contributed by atoms with Crippen molar-refractivity contribution in [3.8, 4) is 33.9 Å². The average Bonchev–Trinajstić information content (AvgIpc) is 3.76. The second-order valence-electron chi connectivity index (χ2n) is 11.5. The first-order chi connectivity index (χ1) is 19.9. The topological polar surface area (TPSA) is 102 Å². The first-order valence-corrected chi connectivity index (χ1v) is 14.3. The van der Waals surface area contributed by atoms with Crippen molar-refractivity contribution >= 4 is 28.4 Å². The van der Waals surface area contributed by atoms with E-state index in [9.17, 15) is 5.11 Å². The molecule has 202 valence electrons. The highest BCUT2D eigenvalue weighted by Gasteiger charge is 2.58. The van der Waals surface area contributed by atoms with Gasteiger partial charge in [0.05, 0.1) is 17.0 Å². The van der Waals surface area contributed by atoms with Gasteiger partial charge in [-0.05, 0) is 73.6 Å². The van der Waals surface area contributed by atoms with E-state index in [1.807, 2.05) is 71.1 Å². The van der Waals surface area contributed by atoms with Crippen molar-refractivity contribution in [2.75, 3.05) is 0 Å². The van der Waals surface area contributed by atoms with Crippen LogP contribution in [0, 0.1) is 5.92 Å². The minimum absolute atomic E-state index is 0.414. The smallest absolute Gasteiger partial charge is 0.170 e. The maximum atomic E-state index is 10.9. The van der Waals surface area contributed by atoms with Gasteiger partial charge in [-0.1, -0.05) is 66.2 Å². The van der Waals surface area contributed by atoms with Crippen LogP contribution in [0.15, 0.2) is 91.0 Å². The second-order valence-corrected chi connectivity index (χ2v) is 12.0. The lowest BCUT2D eigenvalue weighted by Crippen LogP contribution is -2.60. The summed E-state index contributed by atoms with van der Waals surface area (Å²) in [4.78, 5) is 10.4. The minimum Gasteiger partial charge on any atom is -0.389 e. The van der Waals surface area contributed by atoms with E-state index in [1.54, 1.807) is 0 Å². The zero-order valence-corrected chi connectivity index (χ0v) is 23.0. The van der Waals surface area contributed by atoms with Crippen LogP contribution in [0.2, 0.25) is 5.02 Å². The van der Waals surface area contributed by atoms with Crippen molar-refractivity contribution in [2.45, 2.75) is 36.8 Å². The molecule has 8 heteroatoms. The number of benzene rings is 3. The third-order valence-corrected chi connectivity index (χ3v) is 8.91. The molecule has 3 heterocycles. The van der Waals surface area contributed by atoms with Gasteiger partial charge in [0.2, 0.25) is 0 Å². The number of halogens is 1. The third kappa shape index (κ3) is 4.03. The summed E-state index contributed by atoms with van der Waals surface area (Å²) in [5.74, 6) is 1.09. The van der Waals surface area contributed by atoms with Crippen LogP contribution in [0.4, 0.5) is 0 Å². The van der Waals surface area contributed by atoms with Crippen molar-refractivity contribution in [1.29, 1.82) is 0 Å². The predicted octanol–water partition coefficient (Wildman–Crippen LogP) is 6.42. The molecule has 0 amide bonds. The lowest BCUT2D eigenvalue weighted by molar-refractivity contribution is -0.106. The monoisotopic (exact) mass is 558 g/mol. The number of pyridine rings is 1. The number of aromatic nitrogens is 5. The fraction of sp³-hybridized carbons (Fsp3) is 0.212. The summed E-state index contributed by atoms with van der Waals surface area (Å²) < 4.78 is 1.95. The predicted molar refractivity (Wildman–Crippen MR) is 160 cm³/mol. The highest BCUT2D eigenvalue weighted by Crippen LogP contribution is 2.57. The normalized spacial score (nSPS) is 22.2. The van der Waals surface area contributed by atoms with Gasteiger partial charge < -0.3 is 10.8 Å². The Morgan fingerprint density at radius 2 is 1.41 bits per heavy atom. The largest absolute Gasteiger partial charge is 0.389 e. The molecule has 3 aromatic carbocycles. The van der Waals surface area contributed by atoms with E-state index < -0.39 is 11.1 Å². The van der Waals surface area contributed by atoms with Gasteiger partial charge in [0.25, 0.3) is 0 Å². The molecule has 2 aliphatic rings. The van der Waals surface area contributed by atoms with Crippen LogP contribution in [0.1, 0.15) is 31.2 Å². The summed E-state index contributed by atoms with van der Waals surface area (Å²) in [6.07, 6.45) is 3.44. The lowest BCUT2D eigenvalue weighted by atomic mass is 9.60. The summed E-state index contributed by atoms with van der Waals surface area (Å²) in [7, 11) is 0. The molecule has 0 aliphatic heterocycles. The standard InChI is InChI=1S/C33H27ClN6O/c34-25-14-8-22(9-15-25)30-39-38-27-17-16-26-31(40(27)30)37-29(20-4-2-1-3-5-20)28(36-26)21-6-10-23(11-7-21)32(35)18-33(41,19-32)24-12-13-24/h1-11,14-17,24,41H,12-13,18-19,35H2/t32-,33-. The lowest BCUT2D eigenvalue weighted by Gasteiger charge is -2.52. The Morgan fingerprint density at radius 1 is 0.756 bits per heavy atom. The molecule has 0 spiro atoms. The van der Waals surface area contributed by atoms with Crippen LogP contribution in [0.25, 0.3) is 50.7 Å². The molecule has 0 unspecified atom stereocenters. The van der Waals surface area contributed by atoms with Crippen LogP contribution >= 0.6 is 11.6 Å². The molecule has 0 saturated heterocycles. The van der Waals surface area contributed by atoms with Crippen LogP contribution in [-0.2, 0) is 5.54 Å². The summed E-state index contributed by atoms with van der Waals surface area (Å²) in [6.45, 7) is 0. The molecule has 41 heavy (non-hydrogen) atoms. The average molecular weight is 559 g/mol. The Bertz CT molecular complexity index is 1930. The highest BCUT2D eigenvalue weighted by atomic mass is 35.5. The van der Waals surface area contributed by atoms with Gasteiger partial charge in [-0.25, -0.2) is 9.97 Å². The van der Waals surface area contributed by atoms with Gasteiger partial charge in [-0.15, -0.1) is 10.2 Å². The van der Waals surface area contributed by atoms with Crippen LogP contribution in [0.5, 0.6) is 0 Å². The Hall–Kier alpha value is -4.17. The molecule has 6 aromatic rings. The molecule has 0 radical (unpaired) electrons. The first kappa shape index (κ1) is 24.6. The Balaban J connectivity index is 1.26. The van der Waals surface area contributed by atoms with Crippen molar-refractivity contribution in [3.05, 3.63) is 102 Å². The summed E-state index contributed by atoms with van der Waals surface area (Å²) >= 11 is 6.14. The van der Waals surface area contributed by atoms with Crippen molar-refractivity contribution in [1.82, 2.24) is 24.6 Å². The van der Waals surface area contributed by atoms with Crippen LogP contribution in [0.3, 0.4) is 0 Å². The van der Waals surface area contributed by atoms with Crippen molar-refractivity contribution in [3.63, 3.8) is 0 Å². The molecular formula is C33H27ClN6O. The van der Waals surface area contributed by atoms with E-state index in [0.29, 0.717) is 40.9 Å². The van der Waals surface area contributed by atoms with Crippen LogP contribution < -0.4 is 5.73 Å². The van der Waals surface area contributed by atoms with Gasteiger partial charge in [-0.3, -0.25) is 4.40 Å². The summed E-state index contributed by atoms with van der Waals surface area (Å²) in [5, 5.41) is 20.4. The number of rotatable bonds is 5. The molecular weight excluding hydrogens is 532 g/mol.